The predicted molar refractivity (Wildman–Crippen MR) is 100 cm³/mol. The van der Waals surface area contributed by atoms with E-state index in [1.165, 1.54) is 25.1 Å². The Kier molecular flexibility index (Phi) is 4.57. The van der Waals surface area contributed by atoms with Gasteiger partial charge in [0.05, 0.1) is 16.0 Å². The summed E-state index contributed by atoms with van der Waals surface area (Å²) in [5.41, 5.74) is 0.594. The molecule has 1 heterocycles. The summed E-state index contributed by atoms with van der Waals surface area (Å²) < 4.78 is 5.67. The molecule has 0 atom stereocenters. The number of nitrogens with zero attached hydrogens (tertiary/aromatic N) is 1. The largest absolute Gasteiger partial charge is 0.490 e. The lowest BCUT2D eigenvalue weighted by atomic mass is 9.94. The lowest BCUT2D eigenvalue weighted by Gasteiger charge is -2.18. The molecule has 8 heteroatoms. The second-order valence-corrected chi connectivity index (χ2v) is 7.00. The van der Waals surface area contributed by atoms with Gasteiger partial charge in [0.25, 0.3) is 11.6 Å². The first-order chi connectivity index (χ1) is 12.7. The highest BCUT2D eigenvalue weighted by Crippen LogP contribution is 2.34. The highest BCUT2D eigenvalue weighted by Gasteiger charge is 2.32. The SMILES string of the molecule is Cc1c(C(=O)Nc2ccc3c(c2)NC(=O)C(C)(C)CO3)cccc1[N+](=O)[O-]. The number of fused-ring (bicyclic) bond motifs is 1. The molecule has 1 aliphatic rings. The molecule has 27 heavy (non-hydrogen) atoms. The van der Waals surface area contributed by atoms with Crippen LogP contribution in [-0.4, -0.2) is 23.3 Å². The van der Waals surface area contributed by atoms with Gasteiger partial charge in [0.15, 0.2) is 0 Å². The van der Waals surface area contributed by atoms with Gasteiger partial charge < -0.3 is 15.4 Å². The van der Waals surface area contributed by atoms with Gasteiger partial charge in [-0.2, -0.15) is 0 Å². The third kappa shape index (κ3) is 3.59. The minimum atomic E-state index is -0.678. The number of nitro benzene ring substituents is 1. The molecule has 140 valence electrons. The quantitative estimate of drug-likeness (QED) is 0.635. The number of benzene rings is 2. The van der Waals surface area contributed by atoms with Crippen molar-refractivity contribution in [2.75, 3.05) is 17.2 Å². The van der Waals surface area contributed by atoms with Crippen molar-refractivity contribution in [3.63, 3.8) is 0 Å². The van der Waals surface area contributed by atoms with Crippen LogP contribution in [0.2, 0.25) is 0 Å². The molecule has 0 spiro atoms. The van der Waals surface area contributed by atoms with Gasteiger partial charge in [0.2, 0.25) is 5.91 Å². The van der Waals surface area contributed by atoms with E-state index in [1.807, 2.05) is 0 Å². The minimum absolute atomic E-state index is 0.118. The summed E-state index contributed by atoms with van der Waals surface area (Å²) in [6, 6.07) is 9.24. The van der Waals surface area contributed by atoms with Gasteiger partial charge in [-0.15, -0.1) is 0 Å². The standard InChI is InChI=1S/C19H19N3O5/c1-11-13(5-4-6-15(11)22(25)26)17(23)20-12-7-8-16-14(9-12)21-18(24)19(2,3)10-27-16/h4-9H,10H2,1-3H3,(H,20,23)(H,21,24). The summed E-state index contributed by atoms with van der Waals surface area (Å²) in [6.07, 6.45) is 0. The van der Waals surface area contributed by atoms with Crippen molar-refractivity contribution >= 4 is 28.9 Å². The van der Waals surface area contributed by atoms with E-state index in [9.17, 15) is 19.7 Å². The topological polar surface area (TPSA) is 111 Å². The molecule has 0 saturated heterocycles. The molecule has 1 aliphatic heterocycles. The van der Waals surface area contributed by atoms with E-state index < -0.39 is 16.2 Å². The van der Waals surface area contributed by atoms with Crippen LogP contribution in [0.1, 0.15) is 29.8 Å². The van der Waals surface area contributed by atoms with Gasteiger partial charge >= 0.3 is 0 Å². The minimum Gasteiger partial charge on any atom is -0.490 e. The molecule has 3 rings (SSSR count). The third-order valence-electron chi connectivity index (χ3n) is 4.44. The number of amides is 2. The summed E-state index contributed by atoms with van der Waals surface area (Å²) in [7, 11) is 0. The second kappa shape index (κ2) is 6.71. The third-order valence-corrected chi connectivity index (χ3v) is 4.44. The fourth-order valence-corrected chi connectivity index (χ4v) is 2.71. The number of anilines is 2. The van der Waals surface area contributed by atoms with E-state index in [-0.39, 0.29) is 29.3 Å². The van der Waals surface area contributed by atoms with Crippen LogP contribution in [0.15, 0.2) is 36.4 Å². The molecule has 0 bridgehead atoms. The van der Waals surface area contributed by atoms with E-state index in [0.29, 0.717) is 17.1 Å². The normalized spacial score (nSPS) is 15.0. The van der Waals surface area contributed by atoms with Crippen molar-refractivity contribution in [1.29, 1.82) is 0 Å². The van der Waals surface area contributed by atoms with Crippen molar-refractivity contribution < 1.29 is 19.2 Å². The highest BCUT2D eigenvalue weighted by molar-refractivity contribution is 6.06. The number of rotatable bonds is 3. The van der Waals surface area contributed by atoms with E-state index >= 15 is 0 Å². The first-order valence-electron chi connectivity index (χ1n) is 8.33. The Morgan fingerprint density at radius 3 is 2.74 bits per heavy atom. The van der Waals surface area contributed by atoms with Crippen LogP contribution in [-0.2, 0) is 4.79 Å². The second-order valence-electron chi connectivity index (χ2n) is 7.00. The fourth-order valence-electron chi connectivity index (χ4n) is 2.71. The Morgan fingerprint density at radius 2 is 2.04 bits per heavy atom. The average molecular weight is 369 g/mol. The average Bonchev–Trinajstić information content (AvgIpc) is 2.71. The molecule has 2 aromatic carbocycles. The summed E-state index contributed by atoms with van der Waals surface area (Å²) >= 11 is 0. The first kappa shape index (κ1) is 18.4. The van der Waals surface area contributed by atoms with Crippen molar-refractivity contribution in [1.82, 2.24) is 0 Å². The van der Waals surface area contributed by atoms with E-state index in [2.05, 4.69) is 10.6 Å². The molecule has 0 unspecified atom stereocenters. The van der Waals surface area contributed by atoms with Crippen LogP contribution in [0, 0.1) is 22.5 Å². The number of hydrogen-bond acceptors (Lipinski definition) is 5. The van der Waals surface area contributed by atoms with Crippen LogP contribution in [0.5, 0.6) is 5.75 Å². The zero-order valence-electron chi connectivity index (χ0n) is 15.2. The molecule has 2 aromatic rings. The Labute approximate surface area is 155 Å². The lowest BCUT2D eigenvalue weighted by molar-refractivity contribution is -0.385. The number of hydrogen-bond donors (Lipinski definition) is 2. The van der Waals surface area contributed by atoms with E-state index in [4.69, 9.17) is 4.74 Å². The van der Waals surface area contributed by atoms with Gasteiger partial charge in [0, 0.05) is 22.9 Å². The zero-order valence-corrected chi connectivity index (χ0v) is 15.2. The summed E-state index contributed by atoms with van der Waals surface area (Å²) in [5, 5.41) is 16.6. The molecule has 0 fully saturated rings. The molecule has 0 aliphatic carbocycles. The van der Waals surface area contributed by atoms with Gasteiger partial charge in [0.1, 0.15) is 12.4 Å². The van der Waals surface area contributed by atoms with Gasteiger partial charge in [-0.05, 0) is 45.0 Å². The van der Waals surface area contributed by atoms with Crippen LogP contribution < -0.4 is 15.4 Å². The smallest absolute Gasteiger partial charge is 0.273 e. The highest BCUT2D eigenvalue weighted by atomic mass is 16.6. The maximum Gasteiger partial charge on any atom is 0.273 e. The number of carbonyl (C=O) groups excluding carboxylic acids is 2. The molecule has 0 saturated carbocycles. The van der Waals surface area contributed by atoms with Crippen LogP contribution >= 0.6 is 0 Å². The maximum absolute atomic E-state index is 12.6. The van der Waals surface area contributed by atoms with E-state index in [0.717, 1.165) is 0 Å². The number of nitrogens with one attached hydrogen (secondary N) is 2. The fraction of sp³-hybridized carbons (Fsp3) is 0.263. The monoisotopic (exact) mass is 369 g/mol. The summed E-state index contributed by atoms with van der Waals surface area (Å²) in [6.45, 7) is 5.33. The first-order valence-corrected chi connectivity index (χ1v) is 8.33. The number of nitro groups is 1. The maximum atomic E-state index is 12.6. The van der Waals surface area contributed by atoms with Gasteiger partial charge in [-0.1, -0.05) is 6.07 Å². The molecule has 2 N–H and O–H groups in total. The molecule has 2 amide bonds. The molecule has 8 nitrogen and oxygen atoms in total. The summed E-state index contributed by atoms with van der Waals surface area (Å²) in [5.74, 6) is -0.143. The van der Waals surface area contributed by atoms with Crippen molar-refractivity contribution in [2.24, 2.45) is 5.41 Å². The Hall–Kier alpha value is -3.42. The molecular formula is C19H19N3O5. The number of carbonyl (C=O) groups is 2. The van der Waals surface area contributed by atoms with Crippen molar-refractivity contribution in [3.05, 3.63) is 57.6 Å². The van der Waals surface area contributed by atoms with Crippen LogP contribution in [0.4, 0.5) is 17.1 Å². The molecule has 0 aromatic heterocycles. The van der Waals surface area contributed by atoms with Crippen LogP contribution in [0.25, 0.3) is 0 Å². The zero-order chi connectivity index (χ0) is 19.8. The van der Waals surface area contributed by atoms with Crippen LogP contribution in [0.3, 0.4) is 0 Å². The molecular weight excluding hydrogens is 350 g/mol. The summed E-state index contributed by atoms with van der Waals surface area (Å²) in [4.78, 5) is 35.3. The van der Waals surface area contributed by atoms with Gasteiger partial charge in [-0.3, -0.25) is 19.7 Å². The Morgan fingerprint density at radius 1 is 1.30 bits per heavy atom. The Balaban J connectivity index is 1.86. The predicted octanol–water partition coefficient (Wildman–Crippen LogP) is 3.51. The number of ether oxygens (including phenoxy) is 1. The van der Waals surface area contributed by atoms with E-state index in [1.54, 1.807) is 32.0 Å². The van der Waals surface area contributed by atoms with Gasteiger partial charge in [-0.25, -0.2) is 0 Å². The van der Waals surface area contributed by atoms with Crippen molar-refractivity contribution in [3.8, 4) is 5.75 Å². The Bertz CT molecular complexity index is 952. The molecule has 0 radical (unpaired) electrons. The lowest BCUT2D eigenvalue weighted by Crippen LogP contribution is -2.33. The van der Waals surface area contributed by atoms with Crippen molar-refractivity contribution in [2.45, 2.75) is 20.8 Å².